The summed E-state index contributed by atoms with van der Waals surface area (Å²) in [6.45, 7) is 0. The van der Waals surface area contributed by atoms with E-state index < -0.39 is 0 Å². The maximum absolute atomic E-state index is 3.03. The molecule has 60 valence electrons. The zero-order valence-electron chi connectivity index (χ0n) is 6.88. The van der Waals surface area contributed by atoms with Gasteiger partial charge < -0.3 is 4.99 Å². The molecule has 1 heterocycles. The zero-order valence-corrected chi connectivity index (χ0v) is 6.88. The summed E-state index contributed by atoms with van der Waals surface area (Å²) in [5.74, 6) is 0. The molecule has 12 heavy (non-hydrogen) atoms. The third-order valence-electron chi connectivity index (χ3n) is 2.00. The lowest BCUT2D eigenvalue weighted by atomic mass is 10.0. The maximum Gasteiger partial charge on any atom is 0.121 e. The molecule has 1 heteroatoms. The molecule has 1 aliphatic heterocycles. The van der Waals surface area contributed by atoms with Gasteiger partial charge in [0.05, 0.1) is 6.20 Å². The minimum atomic E-state index is 1.09. The van der Waals surface area contributed by atoms with Gasteiger partial charge in [-0.1, -0.05) is 30.3 Å². The molecule has 0 aromatic heterocycles. The Morgan fingerprint density at radius 3 is 2.42 bits per heavy atom. The average molecular weight is 157 g/mol. The summed E-state index contributed by atoms with van der Waals surface area (Å²) < 4.78 is 0. The monoisotopic (exact) mass is 157 g/mol. The summed E-state index contributed by atoms with van der Waals surface area (Å²) >= 11 is 0. The van der Waals surface area contributed by atoms with E-state index in [-0.39, 0.29) is 0 Å². The molecule has 1 N–H and O–H groups in total. The molecule has 0 spiro atoms. The highest BCUT2D eigenvalue weighted by atomic mass is 14.7. The molecule has 0 unspecified atom stereocenters. The molecule has 0 amide bonds. The van der Waals surface area contributed by atoms with E-state index in [1.54, 1.807) is 0 Å². The Bertz CT molecular complexity index is 309. The second-order valence-corrected chi connectivity index (χ2v) is 2.92. The second-order valence-electron chi connectivity index (χ2n) is 2.92. The first-order chi connectivity index (χ1) is 5.95. The van der Waals surface area contributed by atoms with Crippen LogP contribution < -0.4 is 4.99 Å². The molecule has 0 radical (unpaired) electrons. The standard InChI is InChI=1S/C11H11N/c1-2-4-10(5-3-1)6-7-11-8-12-9-11/h1-5,8,12H,6-7H2. The van der Waals surface area contributed by atoms with Crippen molar-refractivity contribution in [2.45, 2.75) is 12.8 Å². The van der Waals surface area contributed by atoms with Crippen LogP contribution in [0.3, 0.4) is 0 Å². The van der Waals surface area contributed by atoms with Crippen molar-refractivity contribution in [3.8, 4) is 0 Å². The summed E-state index contributed by atoms with van der Waals surface area (Å²) in [4.78, 5) is 2.89. The molecule has 0 saturated carbocycles. The molecule has 2 rings (SSSR count). The predicted molar refractivity (Wildman–Crippen MR) is 48.8 cm³/mol. The summed E-state index contributed by atoms with van der Waals surface area (Å²) in [6.07, 6.45) is 7.24. The number of allylic oxidation sites excluding steroid dienone is 1. The van der Waals surface area contributed by atoms with Crippen molar-refractivity contribution >= 4 is 6.21 Å². The van der Waals surface area contributed by atoms with Gasteiger partial charge in [-0.2, -0.15) is 0 Å². The number of benzene rings is 1. The van der Waals surface area contributed by atoms with Crippen LogP contribution in [-0.4, -0.2) is 6.21 Å². The minimum Gasteiger partial charge on any atom is -0.323 e. The summed E-state index contributed by atoms with van der Waals surface area (Å²) in [5.41, 5.74) is 2.69. The number of aryl methyl sites for hydroxylation is 1. The average Bonchev–Trinajstić information content (AvgIpc) is 2.04. The van der Waals surface area contributed by atoms with Gasteiger partial charge in [-0.25, -0.2) is 0 Å². The topological polar surface area (TPSA) is 14.0 Å². The van der Waals surface area contributed by atoms with E-state index in [0.717, 1.165) is 12.8 Å². The maximum atomic E-state index is 3.03. The fraction of sp³-hybridized carbons (Fsp3) is 0.182. The first kappa shape index (κ1) is 7.29. The molecule has 0 bridgehead atoms. The van der Waals surface area contributed by atoms with E-state index >= 15 is 0 Å². The molecule has 1 nitrogen and oxygen atoms in total. The van der Waals surface area contributed by atoms with Crippen molar-refractivity contribution < 1.29 is 4.99 Å². The first-order valence-corrected chi connectivity index (χ1v) is 4.20. The molecular formula is C11H11N. The highest BCUT2D eigenvalue weighted by Gasteiger charge is 1.99. The normalized spacial score (nSPS) is 13.8. The van der Waals surface area contributed by atoms with Gasteiger partial charge in [0.1, 0.15) is 6.21 Å². The van der Waals surface area contributed by atoms with Gasteiger partial charge in [-0.15, -0.1) is 0 Å². The molecule has 1 aliphatic rings. The van der Waals surface area contributed by atoms with E-state index in [4.69, 9.17) is 0 Å². The van der Waals surface area contributed by atoms with Crippen LogP contribution >= 0.6 is 0 Å². The van der Waals surface area contributed by atoms with Crippen molar-refractivity contribution in [2.75, 3.05) is 0 Å². The molecular weight excluding hydrogens is 146 g/mol. The highest BCUT2D eigenvalue weighted by molar-refractivity contribution is 5.76. The zero-order chi connectivity index (χ0) is 8.23. The first-order valence-electron chi connectivity index (χ1n) is 4.20. The van der Waals surface area contributed by atoms with E-state index in [1.165, 1.54) is 11.1 Å². The van der Waals surface area contributed by atoms with Gasteiger partial charge in [0.2, 0.25) is 0 Å². The Morgan fingerprint density at radius 1 is 1.08 bits per heavy atom. The quantitative estimate of drug-likeness (QED) is 0.616. The van der Waals surface area contributed by atoms with Crippen molar-refractivity contribution in [3.05, 3.63) is 47.7 Å². The molecule has 0 saturated heterocycles. The molecule has 1 aromatic carbocycles. The number of hydrogen-bond donors (Lipinski definition) is 1. The van der Waals surface area contributed by atoms with Crippen molar-refractivity contribution in [2.24, 2.45) is 0 Å². The minimum absolute atomic E-state index is 1.09. The van der Waals surface area contributed by atoms with Crippen LogP contribution in [0.2, 0.25) is 0 Å². The summed E-state index contributed by atoms with van der Waals surface area (Å²) in [7, 11) is 0. The number of rotatable bonds is 3. The highest BCUT2D eigenvalue weighted by Crippen LogP contribution is 2.06. The van der Waals surface area contributed by atoms with Crippen molar-refractivity contribution in [1.82, 2.24) is 0 Å². The smallest absolute Gasteiger partial charge is 0.121 e. The van der Waals surface area contributed by atoms with Crippen molar-refractivity contribution in [1.29, 1.82) is 0 Å². The summed E-state index contributed by atoms with van der Waals surface area (Å²) in [5, 5.41) is 0. The SMILES string of the molecule is [C-]1=[NH+]C=C1CCc1ccccc1. The number of nitrogens with one attached hydrogen (secondary N) is 1. The van der Waals surface area contributed by atoms with Gasteiger partial charge in [-0.3, -0.25) is 0 Å². The Morgan fingerprint density at radius 2 is 1.83 bits per heavy atom. The lowest BCUT2D eigenvalue weighted by Gasteiger charge is -2.05. The van der Waals surface area contributed by atoms with Gasteiger partial charge >= 0.3 is 0 Å². The molecule has 0 atom stereocenters. The van der Waals surface area contributed by atoms with Crippen LogP contribution in [0, 0.1) is 0 Å². The largest absolute Gasteiger partial charge is 0.323 e. The molecule has 1 aromatic rings. The van der Waals surface area contributed by atoms with E-state index in [9.17, 15) is 0 Å². The second kappa shape index (κ2) is 3.35. The Balaban J connectivity index is 1.88. The molecule has 0 fully saturated rings. The van der Waals surface area contributed by atoms with Gasteiger partial charge in [0, 0.05) is 0 Å². The Kier molecular flexibility index (Phi) is 2.04. The van der Waals surface area contributed by atoms with Crippen LogP contribution in [0.4, 0.5) is 0 Å². The van der Waals surface area contributed by atoms with Crippen LogP contribution in [0.5, 0.6) is 0 Å². The van der Waals surface area contributed by atoms with Crippen LogP contribution in [0.1, 0.15) is 12.0 Å². The third kappa shape index (κ3) is 1.62. The third-order valence-corrected chi connectivity index (χ3v) is 2.00. The van der Waals surface area contributed by atoms with Crippen LogP contribution in [0.15, 0.2) is 42.1 Å². The van der Waals surface area contributed by atoms with Gasteiger partial charge in [-0.05, 0) is 24.0 Å². The van der Waals surface area contributed by atoms with E-state index in [1.807, 2.05) is 12.3 Å². The fourth-order valence-electron chi connectivity index (χ4n) is 1.23. The van der Waals surface area contributed by atoms with E-state index in [2.05, 4.69) is 35.5 Å². The fourth-order valence-corrected chi connectivity index (χ4v) is 1.23. The van der Waals surface area contributed by atoms with E-state index in [0.29, 0.717) is 0 Å². The Labute approximate surface area is 72.5 Å². The predicted octanol–water partition coefficient (Wildman–Crippen LogP) is 0.545. The van der Waals surface area contributed by atoms with Gasteiger partial charge in [0.15, 0.2) is 0 Å². The Hall–Kier alpha value is -1.37. The lowest BCUT2D eigenvalue weighted by molar-refractivity contribution is -0.380. The lowest BCUT2D eigenvalue weighted by Crippen LogP contribution is -2.67. The van der Waals surface area contributed by atoms with Crippen LogP contribution in [-0.2, 0) is 6.42 Å². The summed E-state index contributed by atoms with van der Waals surface area (Å²) in [6, 6.07) is 10.5. The van der Waals surface area contributed by atoms with Gasteiger partial charge in [0.25, 0.3) is 0 Å². The molecule has 0 aliphatic carbocycles. The number of hydrogen-bond acceptors (Lipinski definition) is 0. The van der Waals surface area contributed by atoms with Crippen molar-refractivity contribution in [3.63, 3.8) is 0 Å². The van der Waals surface area contributed by atoms with Crippen LogP contribution in [0.25, 0.3) is 0 Å².